The maximum absolute atomic E-state index is 9.70. The lowest BCUT2D eigenvalue weighted by Gasteiger charge is -2.07. The van der Waals surface area contributed by atoms with E-state index in [4.69, 9.17) is 5.26 Å². The molecule has 0 aliphatic carbocycles. The molecular weight excluding hydrogens is 218 g/mol. The summed E-state index contributed by atoms with van der Waals surface area (Å²) in [6, 6.07) is 10.2. The van der Waals surface area contributed by atoms with Crippen LogP contribution < -0.4 is 0 Å². The molecule has 0 aliphatic rings. The summed E-state index contributed by atoms with van der Waals surface area (Å²) in [5.41, 5.74) is 0.942. The van der Waals surface area contributed by atoms with Crippen molar-refractivity contribution >= 4 is 0 Å². The molecule has 0 aliphatic heterocycles. The fraction of sp³-hybridized carbons (Fsp3) is 0. The highest BCUT2D eigenvalue weighted by molar-refractivity contribution is 5.77. The van der Waals surface area contributed by atoms with E-state index >= 15 is 0 Å². The van der Waals surface area contributed by atoms with E-state index in [1.807, 2.05) is 6.07 Å². The van der Waals surface area contributed by atoms with Crippen LogP contribution in [0.4, 0.5) is 0 Å². The Kier molecular flexibility index (Phi) is 2.59. The zero-order chi connectivity index (χ0) is 12.4. The third kappa shape index (κ3) is 1.99. The van der Waals surface area contributed by atoms with Gasteiger partial charge >= 0.3 is 0 Å². The van der Waals surface area contributed by atoms with Crippen molar-refractivity contribution < 1.29 is 15.3 Å². The van der Waals surface area contributed by atoms with Crippen molar-refractivity contribution in [3.05, 3.63) is 42.0 Å². The predicted molar refractivity (Wildman–Crippen MR) is 61.6 cm³/mol. The monoisotopic (exact) mass is 227 g/mol. The van der Waals surface area contributed by atoms with E-state index in [9.17, 15) is 15.3 Å². The SMILES string of the molecule is N#Cc1ccc(O)c(-c2cc(O)ccc2O)c1. The van der Waals surface area contributed by atoms with E-state index < -0.39 is 0 Å². The molecule has 2 aromatic rings. The van der Waals surface area contributed by atoms with Crippen LogP contribution in [0.3, 0.4) is 0 Å². The smallest absolute Gasteiger partial charge is 0.123 e. The second-order valence-electron chi connectivity index (χ2n) is 3.55. The maximum Gasteiger partial charge on any atom is 0.123 e. The first-order valence-electron chi connectivity index (χ1n) is 4.87. The Balaban J connectivity index is 2.68. The lowest BCUT2D eigenvalue weighted by atomic mass is 10.0. The Morgan fingerprint density at radius 2 is 1.41 bits per heavy atom. The number of hydrogen-bond acceptors (Lipinski definition) is 4. The minimum Gasteiger partial charge on any atom is -0.508 e. The summed E-state index contributed by atoms with van der Waals surface area (Å²) in [6.07, 6.45) is 0. The van der Waals surface area contributed by atoms with E-state index in [0.717, 1.165) is 0 Å². The average Bonchev–Trinajstić information content (AvgIpc) is 2.33. The van der Waals surface area contributed by atoms with Crippen molar-refractivity contribution in [3.8, 4) is 34.4 Å². The van der Waals surface area contributed by atoms with Gasteiger partial charge < -0.3 is 15.3 Å². The molecule has 0 saturated heterocycles. The third-order valence-corrected chi connectivity index (χ3v) is 2.40. The number of phenols is 3. The molecule has 84 valence electrons. The molecule has 17 heavy (non-hydrogen) atoms. The lowest BCUT2D eigenvalue weighted by molar-refractivity contribution is 0.459. The van der Waals surface area contributed by atoms with Gasteiger partial charge in [0.25, 0.3) is 0 Å². The first kappa shape index (κ1) is 10.8. The van der Waals surface area contributed by atoms with Gasteiger partial charge in [0.1, 0.15) is 17.2 Å². The van der Waals surface area contributed by atoms with Crippen molar-refractivity contribution in [1.82, 2.24) is 0 Å². The van der Waals surface area contributed by atoms with Crippen LogP contribution in [0.1, 0.15) is 5.56 Å². The number of nitriles is 1. The Bertz CT molecular complexity index is 615. The number of phenolic OH excluding ortho intramolecular Hbond substituents is 3. The summed E-state index contributed by atoms with van der Waals surface area (Å²) in [6.45, 7) is 0. The minimum absolute atomic E-state index is 0.0282. The highest BCUT2D eigenvalue weighted by Gasteiger charge is 2.10. The Hall–Kier alpha value is -2.67. The molecule has 0 atom stereocenters. The topological polar surface area (TPSA) is 84.5 Å². The maximum atomic E-state index is 9.70. The van der Waals surface area contributed by atoms with E-state index in [2.05, 4.69) is 0 Å². The van der Waals surface area contributed by atoms with Gasteiger partial charge in [-0.1, -0.05) is 0 Å². The standard InChI is InChI=1S/C13H9NO3/c14-7-8-1-3-12(16)10(5-8)11-6-9(15)2-4-13(11)17/h1-6,15-17H. The highest BCUT2D eigenvalue weighted by Crippen LogP contribution is 2.37. The van der Waals surface area contributed by atoms with Crippen molar-refractivity contribution in [1.29, 1.82) is 5.26 Å². The minimum atomic E-state index is -0.0758. The second kappa shape index (κ2) is 4.06. The number of nitrogens with zero attached hydrogens (tertiary/aromatic N) is 1. The molecule has 0 heterocycles. The Labute approximate surface area is 97.6 Å². The number of aromatic hydroxyl groups is 3. The summed E-state index contributed by atoms with van der Waals surface area (Å²) >= 11 is 0. The highest BCUT2D eigenvalue weighted by atomic mass is 16.3. The van der Waals surface area contributed by atoms with Crippen LogP contribution in [0.15, 0.2) is 36.4 Å². The normalized spacial score (nSPS) is 9.82. The molecule has 2 rings (SSSR count). The number of hydrogen-bond donors (Lipinski definition) is 3. The molecule has 4 nitrogen and oxygen atoms in total. The van der Waals surface area contributed by atoms with Crippen LogP contribution >= 0.6 is 0 Å². The number of benzene rings is 2. The molecule has 0 fully saturated rings. The molecule has 0 radical (unpaired) electrons. The van der Waals surface area contributed by atoms with Crippen LogP contribution in [-0.4, -0.2) is 15.3 Å². The van der Waals surface area contributed by atoms with E-state index in [0.29, 0.717) is 11.1 Å². The third-order valence-electron chi connectivity index (χ3n) is 2.40. The van der Waals surface area contributed by atoms with Crippen LogP contribution in [0, 0.1) is 11.3 Å². The molecule has 3 N–H and O–H groups in total. The van der Waals surface area contributed by atoms with E-state index in [1.165, 1.54) is 36.4 Å². The van der Waals surface area contributed by atoms with Gasteiger partial charge in [-0.05, 0) is 36.4 Å². The van der Waals surface area contributed by atoms with Crippen molar-refractivity contribution in [2.75, 3.05) is 0 Å². The van der Waals surface area contributed by atoms with Crippen molar-refractivity contribution in [2.24, 2.45) is 0 Å². The summed E-state index contributed by atoms with van der Waals surface area (Å²) < 4.78 is 0. The molecule has 0 spiro atoms. The largest absolute Gasteiger partial charge is 0.508 e. The fourth-order valence-corrected chi connectivity index (χ4v) is 1.56. The zero-order valence-corrected chi connectivity index (χ0v) is 8.75. The van der Waals surface area contributed by atoms with Gasteiger partial charge in [-0.3, -0.25) is 0 Å². The first-order chi connectivity index (χ1) is 8.11. The number of rotatable bonds is 1. The molecular formula is C13H9NO3. The van der Waals surface area contributed by atoms with E-state index in [-0.39, 0.29) is 22.8 Å². The predicted octanol–water partition coefficient (Wildman–Crippen LogP) is 2.34. The first-order valence-corrected chi connectivity index (χ1v) is 4.87. The molecule has 4 heteroatoms. The van der Waals surface area contributed by atoms with Gasteiger partial charge in [0, 0.05) is 11.1 Å². The lowest BCUT2D eigenvalue weighted by Crippen LogP contribution is -1.83. The van der Waals surface area contributed by atoms with Crippen LogP contribution in [-0.2, 0) is 0 Å². The second-order valence-corrected chi connectivity index (χ2v) is 3.55. The van der Waals surface area contributed by atoms with Gasteiger partial charge in [0.05, 0.1) is 11.6 Å². The molecule has 0 saturated carbocycles. The molecule has 0 aromatic heterocycles. The Morgan fingerprint density at radius 1 is 0.824 bits per heavy atom. The average molecular weight is 227 g/mol. The van der Waals surface area contributed by atoms with Crippen molar-refractivity contribution in [3.63, 3.8) is 0 Å². The van der Waals surface area contributed by atoms with Crippen LogP contribution in [0.25, 0.3) is 11.1 Å². The fourth-order valence-electron chi connectivity index (χ4n) is 1.56. The Morgan fingerprint density at radius 3 is 2.06 bits per heavy atom. The van der Waals surface area contributed by atoms with Crippen LogP contribution in [0.5, 0.6) is 17.2 Å². The quantitative estimate of drug-likeness (QED) is 0.653. The molecule has 0 bridgehead atoms. The summed E-state index contributed by atoms with van der Waals surface area (Å²) in [5, 5.41) is 37.5. The molecule has 0 amide bonds. The molecule has 0 unspecified atom stereocenters. The van der Waals surface area contributed by atoms with Crippen molar-refractivity contribution in [2.45, 2.75) is 0 Å². The summed E-state index contributed by atoms with van der Waals surface area (Å²) in [4.78, 5) is 0. The van der Waals surface area contributed by atoms with E-state index in [1.54, 1.807) is 0 Å². The van der Waals surface area contributed by atoms with Gasteiger partial charge in [-0.15, -0.1) is 0 Å². The molecule has 2 aromatic carbocycles. The summed E-state index contributed by atoms with van der Waals surface area (Å²) in [7, 11) is 0. The zero-order valence-electron chi connectivity index (χ0n) is 8.75. The summed E-state index contributed by atoms with van der Waals surface area (Å²) in [5.74, 6) is -0.169. The van der Waals surface area contributed by atoms with Crippen LogP contribution in [0.2, 0.25) is 0 Å². The van der Waals surface area contributed by atoms with Gasteiger partial charge in [0.2, 0.25) is 0 Å². The van der Waals surface area contributed by atoms with Gasteiger partial charge in [-0.25, -0.2) is 0 Å². The van der Waals surface area contributed by atoms with Gasteiger partial charge in [-0.2, -0.15) is 5.26 Å². The van der Waals surface area contributed by atoms with Gasteiger partial charge in [0.15, 0.2) is 0 Å².